The van der Waals surface area contributed by atoms with Crippen molar-refractivity contribution in [1.29, 1.82) is 0 Å². The lowest BCUT2D eigenvalue weighted by Crippen LogP contribution is -2.45. The first-order valence-corrected chi connectivity index (χ1v) is 11.1. The van der Waals surface area contributed by atoms with E-state index in [-0.39, 0.29) is 42.7 Å². The second-order valence-corrected chi connectivity index (χ2v) is 9.17. The van der Waals surface area contributed by atoms with E-state index in [1.807, 2.05) is 6.92 Å². The number of aromatic carboxylic acids is 1. The van der Waals surface area contributed by atoms with Crippen LogP contribution in [0.2, 0.25) is 5.02 Å². The molecule has 2 aliphatic rings. The monoisotopic (exact) mass is 467 g/mol. The Morgan fingerprint density at radius 1 is 1.25 bits per heavy atom. The zero-order valence-electron chi connectivity index (χ0n) is 17.7. The molecule has 1 N–H and O–H groups in total. The van der Waals surface area contributed by atoms with Gasteiger partial charge in [-0.3, -0.25) is 4.90 Å². The molecule has 0 bridgehead atoms. The van der Waals surface area contributed by atoms with Gasteiger partial charge >= 0.3 is 5.97 Å². The maximum atomic E-state index is 15.4. The molecule has 32 heavy (non-hydrogen) atoms. The van der Waals surface area contributed by atoms with Crippen molar-refractivity contribution in [2.75, 3.05) is 19.7 Å². The van der Waals surface area contributed by atoms with Crippen LogP contribution in [0, 0.1) is 11.6 Å². The Labute approximate surface area is 189 Å². The first kappa shape index (κ1) is 22.9. The summed E-state index contributed by atoms with van der Waals surface area (Å²) in [5.74, 6) is -2.39. The Bertz CT molecular complexity index is 1020. The van der Waals surface area contributed by atoms with E-state index in [9.17, 15) is 18.7 Å². The minimum atomic E-state index is -1.58. The predicted octanol–water partition coefficient (Wildman–Crippen LogP) is 6.14. The highest BCUT2D eigenvalue weighted by Crippen LogP contribution is 2.44. The first-order valence-electron chi connectivity index (χ1n) is 10.7. The fourth-order valence-corrected chi connectivity index (χ4v) is 4.66. The maximum absolute atomic E-state index is 15.4. The molecule has 4 nitrogen and oxygen atoms in total. The standard InChI is InChI=1S/C24H25ClF3NO3/c1-14(18-5-4-16(26)10-20(18)25)29-8-6-24(28,7-9-29)13-32-17-11-19(15-2-3-15)22(23(30)31)21(27)12-17/h4-5,10-12,14-15H,2-3,6-9,13H2,1H3,(H,30,31). The lowest BCUT2D eigenvalue weighted by molar-refractivity contribution is 0.00635. The van der Waals surface area contributed by atoms with Gasteiger partial charge in [0.1, 0.15) is 29.7 Å². The quantitative estimate of drug-likeness (QED) is 0.531. The number of ether oxygens (including phenoxy) is 1. The molecule has 1 aliphatic carbocycles. The Morgan fingerprint density at radius 3 is 2.53 bits per heavy atom. The van der Waals surface area contributed by atoms with Gasteiger partial charge in [0.15, 0.2) is 0 Å². The second-order valence-electron chi connectivity index (χ2n) is 8.77. The molecule has 0 radical (unpaired) electrons. The summed E-state index contributed by atoms with van der Waals surface area (Å²) in [5.41, 5.74) is -0.695. The molecule has 2 fully saturated rings. The van der Waals surface area contributed by atoms with E-state index in [1.54, 1.807) is 6.07 Å². The van der Waals surface area contributed by atoms with Crippen molar-refractivity contribution in [3.8, 4) is 5.75 Å². The molecule has 4 rings (SSSR count). The zero-order chi connectivity index (χ0) is 23.0. The Kier molecular flexibility index (Phi) is 6.41. The highest BCUT2D eigenvalue weighted by molar-refractivity contribution is 6.31. The number of hydrogen-bond acceptors (Lipinski definition) is 3. The SMILES string of the molecule is CC(c1ccc(F)cc1Cl)N1CCC(F)(COc2cc(F)c(C(=O)O)c(C3CC3)c2)CC1. The molecule has 1 aliphatic heterocycles. The topological polar surface area (TPSA) is 49.8 Å². The number of carboxylic acids is 1. The molecule has 1 saturated carbocycles. The van der Waals surface area contributed by atoms with Crippen LogP contribution in [0.25, 0.3) is 0 Å². The minimum absolute atomic E-state index is 0.0153. The lowest BCUT2D eigenvalue weighted by atomic mass is 9.92. The number of likely N-dealkylation sites (tertiary alicyclic amines) is 1. The van der Waals surface area contributed by atoms with Gasteiger partial charge in [0.05, 0.1) is 5.56 Å². The van der Waals surface area contributed by atoms with Crippen molar-refractivity contribution < 1.29 is 27.8 Å². The van der Waals surface area contributed by atoms with E-state index in [0.29, 0.717) is 23.7 Å². The summed E-state index contributed by atoms with van der Waals surface area (Å²) in [6.07, 6.45) is 2.06. The van der Waals surface area contributed by atoms with Crippen LogP contribution >= 0.6 is 11.6 Å². The summed E-state index contributed by atoms with van der Waals surface area (Å²) in [6, 6.07) is 6.74. The Hall–Kier alpha value is -2.25. The summed E-state index contributed by atoms with van der Waals surface area (Å²) in [6.45, 7) is 2.65. The summed E-state index contributed by atoms with van der Waals surface area (Å²) >= 11 is 6.17. The van der Waals surface area contributed by atoms with E-state index in [1.165, 1.54) is 18.2 Å². The molecular formula is C24H25ClF3NO3. The van der Waals surface area contributed by atoms with Gasteiger partial charge in [-0.05, 0) is 67.9 Å². The first-order chi connectivity index (χ1) is 15.2. The van der Waals surface area contributed by atoms with Crippen molar-refractivity contribution in [3.63, 3.8) is 0 Å². The normalized spacial score (nSPS) is 19.5. The van der Waals surface area contributed by atoms with E-state index < -0.39 is 23.3 Å². The number of benzene rings is 2. The maximum Gasteiger partial charge on any atom is 0.338 e. The number of piperidine rings is 1. The number of carbonyl (C=O) groups is 1. The molecule has 2 aromatic carbocycles. The van der Waals surface area contributed by atoms with Crippen LogP contribution in [0.5, 0.6) is 5.75 Å². The van der Waals surface area contributed by atoms with Crippen LogP contribution in [0.3, 0.4) is 0 Å². The molecule has 1 saturated heterocycles. The van der Waals surface area contributed by atoms with Gasteiger partial charge in [-0.15, -0.1) is 0 Å². The smallest absolute Gasteiger partial charge is 0.338 e. The summed E-state index contributed by atoms with van der Waals surface area (Å²) in [4.78, 5) is 13.5. The van der Waals surface area contributed by atoms with Crippen LogP contribution in [0.4, 0.5) is 13.2 Å². The fourth-order valence-electron chi connectivity index (χ4n) is 4.33. The molecule has 0 amide bonds. The van der Waals surface area contributed by atoms with Gasteiger partial charge < -0.3 is 9.84 Å². The van der Waals surface area contributed by atoms with E-state index in [4.69, 9.17) is 16.3 Å². The third kappa shape index (κ3) is 4.89. The van der Waals surface area contributed by atoms with Crippen molar-refractivity contribution in [2.45, 2.75) is 50.2 Å². The van der Waals surface area contributed by atoms with Crippen LogP contribution in [0.15, 0.2) is 30.3 Å². The van der Waals surface area contributed by atoms with E-state index >= 15 is 4.39 Å². The van der Waals surface area contributed by atoms with Crippen molar-refractivity contribution >= 4 is 17.6 Å². The Balaban J connectivity index is 1.39. The molecule has 0 spiro atoms. The number of nitrogens with zero attached hydrogens (tertiary/aromatic N) is 1. The molecule has 1 atom stereocenters. The van der Waals surface area contributed by atoms with Crippen molar-refractivity contribution in [3.05, 3.63) is 63.7 Å². The second kappa shape index (κ2) is 8.94. The van der Waals surface area contributed by atoms with Crippen LogP contribution in [-0.4, -0.2) is 41.3 Å². The van der Waals surface area contributed by atoms with Crippen LogP contribution < -0.4 is 4.74 Å². The average molecular weight is 468 g/mol. The van der Waals surface area contributed by atoms with Gasteiger partial charge in [0.25, 0.3) is 0 Å². The van der Waals surface area contributed by atoms with Gasteiger partial charge in [0.2, 0.25) is 0 Å². The minimum Gasteiger partial charge on any atom is -0.490 e. The highest BCUT2D eigenvalue weighted by atomic mass is 35.5. The van der Waals surface area contributed by atoms with E-state index in [0.717, 1.165) is 24.5 Å². The molecule has 2 aromatic rings. The van der Waals surface area contributed by atoms with E-state index in [2.05, 4.69) is 4.90 Å². The highest BCUT2D eigenvalue weighted by Gasteiger charge is 2.38. The summed E-state index contributed by atoms with van der Waals surface area (Å²) in [7, 11) is 0. The predicted molar refractivity (Wildman–Crippen MR) is 115 cm³/mol. The summed E-state index contributed by atoms with van der Waals surface area (Å²) < 4.78 is 48.7. The molecule has 1 unspecified atom stereocenters. The molecule has 8 heteroatoms. The Morgan fingerprint density at radius 2 is 1.94 bits per heavy atom. The van der Waals surface area contributed by atoms with Gasteiger partial charge in [-0.25, -0.2) is 18.0 Å². The van der Waals surface area contributed by atoms with Crippen molar-refractivity contribution in [2.24, 2.45) is 0 Å². The van der Waals surface area contributed by atoms with Gasteiger partial charge in [-0.2, -0.15) is 0 Å². The molecule has 172 valence electrons. The van der Waals surface area contributed by atoms with Crippen LogP contribution in [0.1, 0.15) is 66.1 Å². The summed E-state index contributed by atoms with van der Waals surface area (Å²) in [5, 5.41) is 9.64. The molecular weight excluding hydrogens is 443 g/mol. The number of alkyl halides is 1. The molecule has 1 heterocycles. The lowest BCUT2D eigenvalue weighted by Gasteiger charge is -2.39. The average Bonchev–Trinajstić information content (AvgIpc) is 3.57. The molecule has 0 aromatic heterocycles. The van der Waals surface area contributed by atoms with Gasteiger partial charge in [-0.1, -0.05) is 17.7 Å². The third-order valence-electron chi connectivity index (χ3n) is 6.48. The largest absolute Gasteiger partial charge is 0.490 e. The number of carboxylic acid groups (broad SMARTS) is 1. The number of halogens is 4. The number of hydrogen-bond donors (Lipinski definition) is 1. The fraction of sp³-hybridized carbons (Fsp3) is 0.458. The zero-order valence-corrected chi connectivity index (χ0v) is 18.5. The third-order valence-corrected chi connectivity index (χ3v) is 6.80. The van der Waals surface area contributed by atoms with Crippen LogP contribution in [-0.2, 0) is 0 Å². The number of rotatable bonds is 7. The van der Waals surface area contributed by atoms with Crippen molar-refractivity contribution in [1.82, 2.24) is 4.90 Å². The van der Waals surface area contributed by atoms with Gasteiger partial charge in [0, 0.05) is 30.2 Å².